The summed E-state index contributed by atoms with van der Waals surface area (Å²) < 4.78 is 1.66. The predicted octanol–water partition coefficient (Wildman–Crippen LogP) is 1.85. The van der Waals surface area contributed by atoms with E-state index >= 15 is 0 Å². The molecule has 7 heteroatoms. The first kappa shape index (κ1) is 9.17. The molecule has 3 aromatic heterocycles. The molecule has 2 N–H and O–H groups in total. The van der Waals surface area contributed by atoms with E-state index in [-0.39, 0.29) is 5.28 Å². The summed E-state index contributed by atoms with van der Waals surface area (Å²) in [7, 11) is 0. The Morgan fingerprint density at radius 3 is 3.12 bits per heavy atom. The quantitative estimate of drug-likeness (QED) is 0.710. The minimum atomic E-state index is 0.182. The van der Waals surface area contributed by atoms with Gasteiger partial charge < -0.3 is 5.32 Å². The van der Waals surface area contributed by atoms with Crippen molar-refractivity contribution in [3.05, 3.63) is 35.9 Å². The van der Waals surface area contributed by atoms with Crippen LogP contribution in [0.4, 0.5) is 11.6 Å². The van der Waals surface area contributed by atoms with Gasteiger partial charge in [0.05, 0.1) is 0 Å². The van der Waals surface area contributed by atoms with Crippen molar-refractivity contribution >= 4 is 28.8 Å². The monoisotopic (exact) mass is 234 g/mol. The molecule has 0 aliphatic rings. The second-order valence-electron chi connectivity index (χ2n) is 3.15. The zero-order chi connectivity index (χ0) is 11.0. The van der Waals surface area contributed by atoms with Crippen molar-refractivity contribution in [1.82, 2.24) is 24.8 Å². The third-order valence-corrected chi connectivity index (χ3v) is 2.27. The highest BCUT2D eigenvalue weighted by atomic mass is 35.5. The maximum absolute atomic E-state index is 5.81. The highest BCUT2D eigenvalue weighted by Gasteiger charge is 2.07. The van der Waals surface area contributed by atoms with E-state index in [9.17, 15) is 0 Å². The van der Waals surface area contributed by atoms with Crippen molar-refractivity contribution in [2.45, 2.75) is 0 Å². The second kappa shape index (κ2) is 3.49. The van der Waals surface area contributed by atoms with Crippen LogP contribution in [0.15, 0.2) is 30.6 Å². The lowest BCUT2D eigenvalue weighted by Gasteiger charge is -2.04. The summed E-state index contributed by atoms with van der Waals surface area (Å²) in [5.74, 6) is 1.30. The van der Waals surface area contributed by atoms with Crippen molar-refractivity contribution < 1.29 is 0 Å². The fourth-order valence-corrected chi connectivity index (χ4v) is 1.62. The number of H-pyrrole nitrogens is 1. The lowest BCUT2D eigenvalue weighted by Crippen LogP contribution is -2.01. The number of halogens is 1. The van der Waals surface area contributed by atoms with Crippen LogP contribution >= 0.6 is 11.6 Å². The molecule has 0 spiro atoms. The van der Waals surface area contributed by atoms with Gasteiger partial charge in [0.25, 0.3) is 0 Å². The summed E-state index contributed by atoms with van der Waals surface area (Å²) >= 11 is 5.81. The Morgan fingerprint density at radius 2 is 2.31 bits per heavy atom. The zero-order valence-electron chi connectivity index (χ0n) is 8.05. The third kappa shape index (κ3) is 1.49. The van der Waals surface area contributed by atoms with E-state index in [0.717, 1.165) is 5.52 Å². The summed E-state index contributed by atoms with van der Waals surface area (Å²) in [6.07, 6.45) is 3.53. The van der Waals surface area contributed by atoms with Crippen LogP contribution in [-0.2, 0) is 0 Å². The van der Waals surface area contributed by atoms with Crippen molar-refractivity contribution in [3.8, 4) is 0 Å². The van der Waals surface area contributed by atoms with Crippen molar-refractivity contribution in [1.29, 1.82) is 0 Å². The molecule has 0 unspecified atom stereocenters. The van der Waals surface area contributed by atoms with Crippen LogP contribution < -0.4 is 5.32 Å². The van der Waals surface area contributed by atoms with Crippen LogP contribution in [0.1, 0.15) is 0 Å². The van der Waals surface area contributed by atoms with Crippen molar-refractivity contribution in [2.75, 3.05) is 5.32 Å². The Kier molecular flexibility index (Phi) is 2.00. The van der Waals surface area contributed by atoms with Crippen LogP contribution in [0.5, 0.6) is 0 Å². The molecule has 80 valence electrons. The largest absolute Gasteiger partial charge is 0.322 e. The van der Waals surface area contributed by atoms with Crippen LogP contribution in [-0.4, -0.2) is 24.8 Å². The number of fused-ring (bicyclic) bond motifs is 1. The van der Waals surface area contributed by atoms with E-state index in [1.165, 1.54) is 0 Å². The van der Waals surface area contributed by atoms with Crippen molar-refractivity contribution in [2.24, 2.45) is 0 Å². The molecule has 0 amide bonds. The van der Waals surface area contributed by atoms with E-state index < -0.39 is 0 Å². The SMILES string of the molecule is Clc1nc(Nc2cc[nH]n2)c2cccn2n1. The Labute approximate surface area is 95.3 Å². The Bertz CT molecular complexity index is 614. The van der Waals surface area contributed by atoms with Crippen LogP contribution in [0, 0.1) is 0 Å². The lowest BCUT2D eigenvalue weighted by atomic mass is 10.5. The molecule has 0 saturated carbocycles. The molecule has 3 rings (SSSR count). The number of nitrogens with zero attached hydrogens (tertiary/aromatic N) is 4. The number of aromatic nitrogens is 5. The number of aromatic amines is 1. The van der Waals surface area contributed by atoms with Gasteiger partial charge in [0.2, 0.25) is 5.28 Å². The lowest BCUT2D eigenvalue weighted by molar-refractivity contribution is 0.906. The molecule has 0 saturated heterocycles. The summed E-state index contributed by atoms with van der Waals surface area (Å²) in [5, 5.41) is 14.0. The third-order valence-electron chi connectivity index (χ3n) is 2.11. The molecule has 0 aliphatic carbocycles. The number of hydrogen-bond acceptors (Lipinski definition) is 4. The minimum Gasteiger partial charge on any atom is -0.322 e. The first-order chi connectivity index (χ1) is 7.83. The maximum atomic E-state index is 5.81. The van der Waals surface area contributed by atoms with Gasteiger partial charge in [-0.05, 0) is 23.7 Å². The number of hydrogen-bond donors (Lipinski definition) is 2. The average molecular weight is 235 g/mol. The van der Waals surface area contributed by atoms with E-state index in [1.807, 2.05) is 12.1 Å². The molecule has 0 fully saturated rings. The van der Waals surface area contributed by atoms with Gasteiger partial charge >= 0.3 is 0 Å². The first-order valence-corrected chi connectivity index (χ1v) is 4.98. The summed E-state index contributed by atoms with van der Waals surface area (Å²) in [6, 6.07) is 5.57. The fraction of sp³-hybridized carbons (Fsp3) is 0. The summed E-state index contributed by atoms with van der Waals surface area (Å²) in [4.78, 5) is 4.12. The molecule has 6 nitrogen and oxygen atoms in total. The van der Waals surface area contributed by atoms with E-state index in [1.54, 1.807) is 23.0 Å². The predicted molar refractivity (Wildman–Crippen MR) is 59.9 cm³/mol. The van der Waals surface area contributed by atoms with E-state index in [2.05, 4.69) is 25.6 Å². The fourth-order valence-electron chi connectivity index (χ4n) is 1.45. The highest BCUT2D eigenvalue weighted by Crippen LogP contribution is 2.19. The average Bonchev–Trinajstić information content (AvgIpc) is 2.87. The highest BCUT2D eigenvalue weighted by molar-refractivity contribution is 6.28. The minimum absolute atomic E-state index is 0.182. The molecule has 3 heterocycles. The molecule has 3 aromatic rings. The molecule has 0 aliphatic heterocycles. The summed E-state index contributed by atoms with van der Waals surface area (Å²) in [5.41, 5.74) is 0.840. The zero-order valence-corrected chi connectivity index (χ0v) is 8.81. The van der Waals surface area contributed by atoms with Gasteiger partial charge in [-0.3, -0.25) is 5.10 Å². The van der Waals surface area contributed by atoms with E-state index in [0.29, 0.717) is 11.6 Å². The van der Waals surface area contributed by atoms with Gasteiger partial charge in [0, 0.05) is 18.5 Å². The summed E-state index contributed by atoms with van der Waals surface area (Å²) in [6.45, 7) is 0. The topological polar surface area (TPSA) is 70.9 Å². The maximum Gasteiger partial charge on any atom is 0.243 e. The molecule has 0 aromatic carbocycles. The molecule has 0 atom stereocenters. The smallest absolute Gasteiger partial charge is 0.243 e. The molecule has 0 radical (unpaired) electrons. The Morgan fingerprint density at radius 1 is 1.38 bits per heavy atom. The Hall–Kier alpha value is -2.08. The second-order valence-corrected chi connectivity index (χ2v) is 3.49. The van der Waals surface area contributed by atoms with Gasteiger partial charge in [-0.15, -0.1) is 5.10 Å². The molecular weight excluding hydrogens is 228 g/mol. The first-order valence-electron chi connectivity index (χ1n) is 4.60. The van der Waals surface area contributed by atoms with Gasteiger partial charge in [0.15, 0.2) is 11.6 Å². The van der Waals surface area contributed by atoms with Gasteiger partial charge in [-0.25, -0.2) is 4.52 Å². The molecule has 0 bridgehead atoms. The normalized spacial score (nSPS) is 10.8. The standard InChI is InChI=1S/C9H7ClN6/c10-9-13-8(12-7-3-4-11-14-7)6-2-1-5-16(6)15-9/h1-5H,(H2,11,12,13,14,15). The van der Waals surface area contributed by atoms with Crippen LogP contribution in [0.2, 0.25) is 5.28 Å². The van der Waals surface area contributed by atoms with Gasteiger partial charge in [0.1, 0.15) is 5.52 Å². The van der Waals surface area contributed by atoms with Gasteiger partial charge in [-0.1, -0.05) is 0 Å². The molecule has 16 heavy (non-hydrogen) atoms. The van der Waals surface area contributed by atoms with Crippen LogP contribution in [0.3, 0.4) is 0 Å². The number of rotatable bonds is 2. The Balaban J connectivity index is 2.11. The van der Waals surface area contributed by atoms with E-state index in [4.69, 9.17) is 11.6 Å². The van der Waals surface area contributed by atoms with Crippen LogP contribution in [0.25, 0.3) is 5.52 Å². The van der Waals surface area contributed by atoms with Gasteiger partial charge in [-0.2, -0.15) is 10.1 Å². The number of anilines is 2. The molecular formula is C9H7ClN6. The number of nitrogens with one attached hydrogen (secondary N) is 2. The van der Waals surface area contributed by atoms with Crippen molar-refractivity contribution in [3.63, 3.8) is 0 Å².